The zero-order valence-electron chi connectivity index (χ0n) is 13.7. The van der Waals surface area contributed by atoms with E-state index in [4.69, 9.17) is 9.47 Å². The van der Waals surface area contributed by atoms with E-state index in [0.717, 1.165) is 10.2 Å². The second kappa shape index (κ2) is 7.59. The van der Waals surface area contributed by atoms with Gasteiger partial charge in [0.25, 0.3) is 5.95 Å². The highest BCUT2D eigenvalue weighted by Crippen LogP contribution is 2.39. The van der Waals surface area contributed by atoms with Gasteiger partial charge in [0.2, 0.25) is 5.69 Å². The van der Waals surface area contributed by atoms with E-state index < -0.39 is 7.25 Å². The van der Waals surface area contributed by atoms with Crippen LogP contribution in [0.25, 0.3) is 0 Å². The van der Waals surface area contributed by atoms with Gasteiger partial charge in [0, 0.05) is 6.07 Å². The number of benzene rings is 1. The predicted molar refractivity (Wildman–Crippen MR) is 89.4 cm³/mol. The Bertz CT molecular complexity index is 606. The first-order valence-corrected chi connectivity index (χ1v) is 7.91. The van der Waals surface area contributed by atoms with E-state index in [1.807, 2.05) is 58.2 Å². The molecular weight excluding hydrogens is 393 g/mol. The number of nitrogens with one attached hydrogen (secondary N) is 1. The molecule has 1 N–H and O–H groups in total. The summed E-state index contributed by atoms with van der Waals surface area (Å²) in [5.41, 5.74) is 0.330. The van der Waals surface area contributed by atoms with Crippen molar-refractivity contribution in [1.82, 2.24) is 0 Å². The number of allylic oxidation sites excluding steroid dienone is 1. The van der Waals surface area contributed by atoms with Crippen LogP contribution in [0.1, 0.15) is 27.7 Å². The molecule has 134 valence electrons. The molecule has 1 aliphatic heterocycles. The normalized spacial score (nSPS) is 18.5. The van der Waals surface area contributed by atoms with Crippen molar-refractivity contribution in [3.8, 4) is 0 Å². The Labute approximate surface area is 147 Å². The van der Waals surface area contributed by atoms with Gasteiger partial charge in [-0.2, -0.15) is 0 Å². The Kier molecular flexibility index (Phi) is 6.49. The third kappa shape index (κ3) is 6.55. The molecule has 3 nitrogen and oxygen atoms in total. The molecule has 0 unspecified atom stereocenters. The van der Waals surface area contributed by atoms with Crippen LogP contribution in [-0.2, 0) is 9.47 Å². The summed E-state index contributed by atoms with van der Waals surface area (Å²) >= 11 is 3.48. The lowest BCUT2D eigenvalue weighted by Crippen LogP contribution is -2.61. The van der Waals surface area contributed by atoms with Crippen molar-refractivity contribution in [1.29, 1.82) is 0 Å². The van der Waals surface area contributed by atoms with Gasteiger partial charge >= 0.3 is 7.25 Å². The number of hydrogen-bond acceptors (Lipinski definition) is 2. The molecule has 1 heterocycles. The zero-order valence-corrected chi connectivity index (χ0v) is 15.3. The molecule has 0 aromatic heterocycles. The molecule has 1 saturated heterocycles. The summed E-state index contributed by atoms with van der Waals surface area (Å²) in [5, 5.41) is 0. The number of halogens is 5. The predicted octanol–water partition coefficient (Wildman–Crippen LogP) is 3.98. The highest BCUT2D eigenvalue weighted by Gasteiger charge is 2.48. The first-order chi connectivity index (χ1) is 10.8. The average molecular weight is 412 g/mol. The number of para-hydroxylation sites is 1. The molecule has 0 bridgehead atoms. The maximum absolute atomic E-state index is 9.75. The van der Waals surface area contributed by atoms with Crippen LogP contribution in [0.3, 0.4) is 0 Å². The van der Waals surface area contributed by atoms with Crippen LogP contribution in [0.4, 0.5) is 23.0 Å². The van der Waals surface area contributed by atoms with Gasteiger partial charge in [-0.05, 0) is 49.7 Å². The molecule has 1 aromatic carbocycles. The smallest absolute Gasteiger partial charge is 0.455 e. The Balaban J connectivity index is 0.000000505. The topological polar surface area (TPSA) is 32.4 Å². The average Bonchev–Trinajstić information content (AvgIpc) is 2.58. The quantitative estimate of drug-likeness (QED) is 0.453. The fraction of sp³-hybridized carbons (Fsp3) is 0.400. The van der Waals surface area contributed by atoms with Crippen molar-refractivity contribution in [2.24, 2.45) is 0 Å². The minimum atomic E-state index is -6.00. The minimum Gasteiger partial charge on any atom is -0.455 e. The Morgan fingerprint density at radius 3 is 1.92 bits per heavy atom. The van der Waals surface area contributed by atoms with Crippen LogP contribution < -0.4 is 4.99 Å². The molecule has 1 aromatic rings. The zero-order chi connectivity index (χ0) is 18.6. The Morgan fingerprint density at radius 1 is 1.00 bits per heavy atom. The number of rotatable bonds is 2. The molecule has 9 heteroatoms. The van der Waals surface area contributed by atoms with E-state index in [0.29, 0.717) is 5.95 Å². The van der Waals surface area contributed by atoms with Gasteiger partial charge in [0.15, 0.2) is 6.21 Å². The minimum absolute atomic E-state index is 0.333. The summed E-state index contributed by atoms with van der Waals surface area (Å²) in [7, 11) is -6.00. The van der Waals surface area contributed by atoms with Crippen LogP contribution in [0.15, 0.2) is 40.8 Å². The SMILES string of the molecule is CC1(C)OC(=CC=[NH+]c2ccccc2Br)OC1(C)C.F[B-](F)(F)F. The highest BCUT2D eigenvalue weighted by atomic mass is 79.9. The van der Waals surface area contributed by atoms with E-state index in [2.05, 4.69) is 20.9 Å². The molecule has 0 amide bonds. The van der Waals surface area contributed by atoms with Gasteiger partial charge in [0.05, 0.1) is 10.5 Å². The van der Waals surface area contributed by atoms with Crippen molar-refractivity contribution < 1.29 is 31.7 Å². The molecule has 0 atom stereocenters. The second-order valence-corrected chi connectivity index (χ2v) is 6.85. The third-order valence-electron chi connectivity index (χ3n) is 3.49. The van der Waals surface area contributed by atoms with Crippen LogP contribution >= 0.6 is 15.9 Å². The molecule has 0 spiro atoms. The summed E-state index contributed by atoms with van der Waals surface area (Å²) in [4.78, 5) is 3.19. The number of hydrogen-bond donors (Lipinski definition) is 1. The third-order valence-corrected chi connectivity index (χ3v) is 4.19. The lowest BCUT2D eigenvalue weighted by atomic mass is 9.90. The summed E-state index contributed by atoms with van der Waals surface area (Å²) < 4.78 is 51.6. The van der Waals surface area contributed by atoms with Crippen molar-refractivity contribution in [3.63, 3.8) is 0 Å². The van der Waals surface area contributed by atoms with Crippen LogP contribution in [0.5, 0.6) is 0 Å². The molecule has 0 radical (unpaired) electrons. The van der Waals surface area contributed by atoms with Gasteiger partial charge < -0.3 is 26.7 Å². The standard InChI is InChI=1S/C15H18BrNO2.BF4/c1-14(2)15(3,4)19-13(18-14)9-10-17-12-8-6-5-7-11(12)16;2-1(3,4)5/h5-10H,1-4H3;/q;-1/p+1. The fourth-order valence-electron chi connectivity index (χ4n) is 1.62. The van der Waals surface area contributed by atoms with Gasteiger partial charge in [-0.1, -0.05) is 12.1 Å². The molecule has 24 heavy (non-hydrogen) atoms. The molecule has 0 aliphatic carbocycles. The first-order valence-electron chi connectivity index (χ1n) is 7.12. The largest absolute Gasteiger partial charge is 0.673 e. The van der Waals surface area contributed by atoms with Gasteiger partial charge in [-0.3, -0.25) is 0 Å². The summed E-state index contributed by atoms with van der Waals surface area (Å²) in [6, 6.07) is 7.92. The second-order valence-electron chi connectivity index (χ2n) is 6.00. The van der Waals surface area contributed by atoms with Crippen molar-refractivity contribution in [2.75, 3.05) is 0 Å². The van der Waals surface area contributed by atoms with Gasteiger partial charge in [-0.25, -0.2) is 4.99 Å². The monoisotopic (exact) mass is 411 g/mol. The maximum Gasteiger partial charge on any atom is 0.673 e. The number of ether oxygens (including phenoxy) is 2. The van der Waals surface area contributed by atoms with Crippen LogP contribution in [-0.4, -0.2) is 24.7 Å². The molecule has 1 aliphatic rings. The Hall–Kier alpha value is -1.51. The maximum atomic E-state index is 9.75. The van der Waals surface area contributed by atoms with E-state index in [9.17, 15) is 17.3 Å². The summed E-state index contributed by atoms with van der Waals surface area (Å²) in [5.74, 6) is 0.537. The van der Waals surface area contributed by atoms with E-state index in [1.54, 1.807) is 6.08 Å². The lowest BCUT2D eigenvalue weighted by Gasteiger charge is -2.28. The molecule has 2 rings (SSSR count). The summed E-state index contributed by atoms with van der Waals surface area (Å²) in [6.07, 6.45) is 3.61. The van der Waals surface area contributed by atoms with Gasteiger partial charge in [-0.15, -0.1) is 0 Å². The lowest BCUT2D eigenvalue weighted by molar-refractivity contribution is -0.347. The van der Waals surface area contributed by atoms with Crippen molar-refractivity contribution in [2.45, 2.75) is 38.9 Å². The van der Waals surface area contributed by atoms with Crippen molar-refractivity contribution >= 4 is 35.1 Å². The van der Waals surface area contributed by atoms with Gasteiger partial charge in [0.1, 0.15) is 11.2 Å². The van der Waals surface area contributed by atoms with E-state index >= 15 is 0 Å². The van der Waals surface area contributed by atoms with Crippen LogP contribution in [0.2, 0.25) is 0 Å². The molecule has 1 fully saturated rings. The first kappa shape index (κ1) is 20.5. The molecular formula is C15H19BBrF4NO2. The fourth-order valence-corrected chi connectivity index (χ4v) is 2.01. The summed E-state index contributed by atoms with van der Waals surface area (Å²) in [6.45, 7) is 8.09. The Morgan fingerprint density at radius 2 is 1.46 bits per heavy atom. The highest BCUT2D eigenvalue weighted by molar-refractivity contribution is 9.10. The van der Waals surface area contributed by atoms with Crippen LogP contribution in [0, 0.1) is 0 Å². The van der Waals surface area contributed by atoms with Crippen molar-refractivity contribution in [3.05, 3.63) is 40.8 Å². The van der Waals surface area contributed by atoms with E-state index in [-0.39, 0.29) is 11.2 Å². The van der Waals surface area contributed by atoms with E-state index in [1.165, 1.54) is 0 Å². The molecule has 0 saturated carbocycles.